The molecule has 1 aliphatic rings. The molecule has 112 valence electrons. The highest BCUT2D eigenvalue weighted by atomic mass is 19.4. The van der Waals surface area contributed by atoms with Gasteiger partial charge in [0.1, 0.15) is 0 Å². The van der Waals surface area contributed by atoms with Crippen LogP contribution in [-0.4, -0.2) is 5.11 Å². The Morgan fingerprint density at radius 3 is 2.45 bits per heavy atom. The lowest BCUT2D eigenvalue weighted by molar-refractivity contribution is -0.140. The molecule has 0 radical (unpaired) electrons. The Kier molecular flexibility index (Phi) is 4.14. The third kappa shape index (κ3) is 3.00. The normalized spacial score (nSPS) is 24.4. The van der Waals surface area contributed by atoms with Crippen LogP contribution in [0.15, 0.2) is 24.3 Å². The van der Waals surface area contributed by atoms with Gasteiger partial charge >= 0.3 is 6.18 Å². The molecule has 2 atom stereocenters. The minimum absolute atomic E-state index is 0.0139. The average molecular weight is 286 g/mol. The second-order valence-corrected chi connectivity index (χ2v) is 6.37. The number of alkyl halides is 3. The smallest absolute Gasteiger partial charge is 0.388 e. The van der Waals surface area contributed by atoms with E-state index in [-0.39, 0.29) is 16.9 Å². The van der Waals surface area contributed by atoms with E-state index in [1.807, 2.05) is 13.8 Å². The lowest BCUT2D eigenvalue weighted by atomic mass is 9.65. The summed E-state index contributed by atoms with van der Waals surface area (Å²) in [4.78, 5) is 0. The Balaban J connectivity index is 2.36. The first-order valence-corrected chi connectivity index (χ1v) is 7.07. The molecule has 0 saturated heterocycles. The van der Waals surface area contributed by atoms with Crippen molar-refractivity contribution in [3.63, 3.8) is 0 Å². The second kappa shape index (κ2) is 5.40. The van der Waals surface area contributed by atoms with E-state index < -0.39 is 17.8 Å². The van der Waals surface area contributed by atoms with Gasteiger partial charge < -0.3 is 5.11 Å². The van der Waals surface area contributed by atoms with Crippen molar-refractivity contribution < 1.29 is 18.3 Å². The van der Waals surface area contributed by atoms with Crippen molar-refractivity contribution in [2.45, 2.75) is 51.8 Å². The largest absolute Gasteiger partial charge is 0.416 e. The highest BCUT2D eigenvalue weighted by molar-refractivity contribution is 5.32. The maximum Gasteiger partial charge on any atom is 0.416 e. The zero-order chi connectivity index (χ0) is 15.0. The lowest BCUT2D eigenvalue weighted by Crippen LogP contribution is -2.33. The molecule has 2 rings (SSSR count). The van der Waals surface area contributed by atoms with E-state index in [9.17, 15) is 18.3 Å². The minimum atomic E-state index is -4.42. The molecule has 0 bridgehead atoms. The predicted octanol–water partition coefficient (Wildman–Crippen LogP) is 4.96. The van der Waals surface area contributed by atoms with Crippen LogP contribution in [0.2, 0.25) is 0 Å². The monoisotopic (exact) mass is 286 g/mol. The number of aliphatic hydroxyl groups excluding tert-OH is 1. The van der Waals surface area contributed by atoms with Crippen molar-refractivity contribution in [3.05, 3.63) is 35.4 Å². The van der Waals surface area contributed by atoms with E-state index in [2.05, 4.69) is 0 Å². The number of hydrogen-bond donors (Lipinski definition) is 1. The summed E-state index contributed by atoms with van der Waals surface area (Å²) in [5.41, 5.74) is -0.829. The molecule has 4 heteroatoms. The van der Waals surface area contributed by atoms with Crippen LogP contribution in [0, 0.1) is 11.3 Å². The van der Waals surface area contributed by atoms with Crippen molar-refractivity contribution in [2.75, 3.05) is 0 Å². The van der Waals surface area contributed by atoms with Crippen LogP contribution in [-0.2, 0) is 6.18 Å². The van der Waals surface area contributed by atoms with Gasteiger partial charge in [-0.1, -0.05) is 44.9 Å². The maximum absolute atomic E-state index is 13.1. The van der Waals surface area contributed by atoms with Crippen molar-refractivity contribution >= 4 is 0 Å². The SMILES string of the molecule is CC1(C)CCCCC1C(O)c1ccccc1C(F)(F)F. The number of aliphatic hydroxyl groups is 1. The van der Waals surface area contributed by atoms with Gasteiger partial charge in [-0.15, -0.1) is 0 Å². The van der Waals surface area contributed by atoms with Gasteiger partial charge in [0.15, 0.2) is 0 Å². The molecule has 1 aromatic carbocycles. The Bertz CT molecular complexity index is 465. The summed E-state index contributed by atoms with van der Waals surface area (Å²) in [5, 5.41) is 10.5. The highest BCUT2D eigenvalue weighted by Gasteiger charge is 2.41. The molecule has 0 spiro atoms. The first-order chi connectivity index (χ1) is 9.23. The van der Waals surface area contributed by atoms with Gasteiger partial charge in [-0.3, -0.25) is 0 Å². The number of halogens is 3. The summed E-state index contributed by atoms with van der Waals surface area (Å²) in [5.74, 6) is -0.125. The van der Waals surface area contributed by atoms with Gasteiger partial charge in [-0.2, -0.15) is 13.2 Å². The molecule has 0 aromatic heterocycles. The fourth-order valence-corrected chi connectivity index (χ4v) is 3.34. The standard InChI is InChI=1S/C16H21F3O/c1-15(2)10-6-5-9-13(15)14(20)11-7-3-4-8-12(11)16(17,18)19/h3-4,7-8,13-14,20H,5-6,9-10H2,1-2H3. The molecule has 0 heterocycles. The second-order valence-electron chi connectivity index (χ2n) is 6.37. The summed E-state index contributed by atoms with van der Waals surface area (Å²) < 4.78 is 39.2. The zero-order valence-corrected chi connectivity index (χ0v) is 11.9. The predicted molar refractivity (Wildman–Crippen MR) is 72.1 cm³/mol. The molecule has 1 saturated carbocycles. The van der Waals surface area contributed by atoms with Crippen molar-refractivity contribution in [2.24, 2.45) is 11.3 Å². The molecule has 1 nitrogen and oxygen atoms in total. The van der Waals surface area contributed by atoms with Crippen molar-refractivity contribution in [1.82, 2.24) is 0 Å². The Labute approximate surface area is 117 Å². The lowest BCUT2D eigenvalue weighted by Gasteiger charge is -2.42. The molecule has 0 amide bonds. The molecule has 1 N–H and O–H groups in total. The van der Waals surface area contributed by atoms with Crippen molar-refractivity contribution in [1.29, 1.82) is 0 Å². The van der Waals surface area contributed by atoms with Gasteiger partial charge in [0.25, 0.3) is 0 Å². The number of rotatable bonds is 2. The molecule has 1 aliphatic carbocycles. The fraction of sp³-hybridized carbons (Fsp3) is 0.625. The van der Waals surface area contributed by atoms with Gasteiger partial charge in [-0.05, 0) is 35.8 Å². The highest BCUT2D eigenvalue weighted by Crippen LogP contribution is 2.48. The molecule has 1 aromatic rings. The summed E-state index contributed by atoms with van der Waals surface area (Å²) in [7, 11) is 0. The van der Waals surface area contributed by atoms with Gasteiger partial charge in [0.05, 0.1) is 11.7 Å². The average Bonchev–Trinajstić information content (AvgIpc) is 2.36. The number of benzene rings is 1. The minimum Gasteiger partial charge on any atom is -0.388 e. The van der Waals surface area contributed by atoms with Gasteiger partial charge in [0, 0.05) is 0 Å². The van der Waals surface area contributed by atoms with Gasteiger partial charge in [0.2, 0.25) is 0 Å². The Morgan fingerprint density at radius 2 is 1.85 bits per heavy atom. The molecule has 1 fully saturated rings. The molecule has 2 unspecified atom stereocenters. The Hall–Kier alpha value is -1.03. The van der Waals surface area contributed by atoms with Crippen LogP contribution >= 0.6 is 0 Å². The van der Waals surface area contributed by atoms with Gasteiger partial charge in [-0.25, -0.2) is 0 Å². The van der Waals surface area contributed by atoms with E-state index in [4.69, 9.17) is 0 Å². The van der Waals surface area contributed by atoms with Crippen LogP contribution < -0.4 is 0 Å². The Morgan fingerprint density at radius 1 is 1.20 bits per heavy atom. The summed E-state index contributed by atoms with van der Waals surface area (Å²) in [6.45, 7) is 4.08. The summed E-state index contributed by atoms with van der Waals surface area (Å²) in [6.07, 6.45) is -1.70. The third-order valence-electron chi connectivity index (χ3n) is 4.56. The van der Waals surface area contributed by atoms with Crippen LogP contribution in [0.3, 0.4) is 0 Å². The molecular formula is C16H21F3O. The van der Waals surface area contributed by atoms with Crippen LogP contribution in [0.4, 0.5) is 13.2 Å². The summed E-state index contributed by atoms with van der Waals surface area (Å²) >= 11 is 0. The van der Waals surface area contributed by atoms with Crippen LogP contribution in [0.1, 0.15) is 56.8 Å². The zero-order valence-electron chi connectivity index (χ0n) is 11.9. The van der Waals surface area contributed by atoms with E-state index in [0.29, 0.717) is 0 Å². The molecule has 0 aliphatic heterocycles. The van der Waals surface area contributed by atoms with E-state index in [0.717, 1.165) is 31.7 Å². The van der Waals surface area contributed by atoms with E-state index >= 15 is 0 Å². The van der Waals surface area contributed by atoms with E-state index in [1.54, 1.807) is 6.07 Å². The molecule has 20 heavy (non-hydrogen) atoms. The topological polar surface area (TPSA) is 20.2 Å². The first-order valence-electron chi connectivity index (χ1n) is 7.07. The maximum atomic E-state index is 13.1. The third-order valence-corrected chi connectivity index (χ3v) is 4.56. The van der Waals surface area contributed by atoms with Crippen LogP contribution in [0.5, 0.6) is 0 Å². The quantitative estimate of drug-likeness (QED) is 0.815. The molecular weight excluding hydrogens is 265 g/mol. The number of hydrogen-bond acceptors (Lipinski definition) is 1. The summed E-state index contributed by atoms with van der Waals surface area (Å²) in [6, 6.07) is 5.38. The van der Waals surface area contributed by atoms with Crippen molar-refractivity contribution in [3.8, 4) is 0 Å². The van der Waals surface area contributed by atoms with E-state index in [1.165, 1.54) is 12.1 Å². The fourth-order valence-electron chi connectivity index (χ4n) is 3.34. The first kappa shape index (κ1) is 15.4. The van der Waals surface area contributed by atoms with Crippen LogP contribution in [0.25, 0.3) is 0 Å².